The van der Waals surface area contributed by atoms with Crippen LogP contribution in [-0.2, 0) is 4.74 Å². The van der Waals surface area contributed by atoms with Crippen molar-refractivity contribution < 1.29 is 19.4 Å². The van der Waals surface area contributed by atoms with Gasteiger partial charge in [-0.1, -0.05) is 0 Å². The highest BCUT2D eigenvalue weighted by Gasteiger charge is 2.20. The number of carboxylic acid groups (broad SMARTS) is 1. The Morgan fingerprint density at radius 1 is 1.50 bits per heavy atom. The van der Waals surface area contributed by atoms with Crippen LogP contribution < -0.4 is 5.32 Å². The van der Waals surface area contributed by atoms with Crippen LogP contribution in [0, 0.1) is 5.92 Å². The van der Waals surface area contributed by atoms with Crippen LogP contribution in [0.2, 0.25) is 0 Å². The highest BCUT2D eigenvalue weighted by Crippen LogP contribution is 2.23. The standard InChI is InChI=1S/C13H18N2O4S/c1-15(8-9-2-5-19-6-3-9)13(18)14-11-10(12(16)17)4-7-20-11/h4,7,9H,2-3,5-6,8H2,1H3,(H,14,18)(H,16,17). The zero-order valence-corrected chi connectivity index (χ0v) is 12.1. The third-order valence-corrected chi connectivity index (χ3v) is 4.17. The molecule has 2 N–H and O–H groups in total. The minimum atomic E-state index is -1.03. The monoisotopic (exact) mass is 298 g/mol. The van der Waals surface area contributed by atoms with Gasteiger partial charge in [-0.3, -0.25) is 5.32 Å². The van der Waals surface area contributed by atoms with Gasteiger partial charge in [-0.2, -0.15) is 0 Å². The first-order valence-electron chi connectivity index (χ1n) is 6.48. The first-order valence-corrected chi connectivity index (χ1v) is 7.36. The van der Waals surface area contributed by atoms with E-state index in [1.165, 1.54) is 17.4 Å². The molecule has 6 nitrogen and oxygen atoms in total. The number of anilines is 1. The normalized spacial score (nSPS) is 15.8. The molecule has 1 fully saturated rings. The summed E-state index contributed by atoms with van der Waals surface area (Å²) in [6, 6.07) is 1.21. The molecular weight excluding hydrogens is 280 g/mol. The summed E-state index contributed by atoms with van der Waals surface area (Å²) < 4.78 is 5.29. The summed E-state index contributed by atoms with van der Waals surface area (Å²) in [5.74, 6) is -0.588. The summed E-state index contributed by atoms with van der Waals surface area (Å²) >= 11 is 1.21. The number of hydrogen-bond acceptors (Lipinski definition) is 4. The van der Waals surface area contributed by atoms with Crippen molar-refractivity contribution in [1.29, 1.82) is 0 Å². The number of aromatic carboxylic acids is 1. The van der Waals surface area contributed by atoms with E-state index in [0.29, 0.717) is 17.5 Å². The van der Waals surface area contributed by atoms with Gasteiger partial charge in [-0.15, -0.1) is 11.3 Å². The fourth-order valence-corrected chi connectivity index (χ4v) is 2.93. The number of amides is 2. The highest BCUT2D eigenvalue weighted by atomic mass is 32.1. The molecule has 2 rings (SSSR count). The molecule has 0 unspecified atom stereocenters. The molecule has 1 saturated heterocycles. The van der Waals surface area contributed by atoms with Crippen LogP contribution in [0.5, 0.6) is 0 Å². The number of nitrogens with zero attached hydrogens (tertiary/aromatic N) is 1. The van der Waals surface area contributed by atoms with Gasteiger partial charge >= 0.3 is 12.0 Å². The first kappa shape index (κ1) is 14.8. The Balaban J connectivity index is 1.90. The van der Waals surface area contributed by atoms with Crippen LogP contribution in [0.25, 0.3) is 0 Å². The van der Waals surface area contributed by atoms with Crippen LogP contribution in [0.3, 0.4) is 0 Å². The molecule has 7 heteroatoms. The Morgan fingerprint density at radius 3 is 2.85 bits per heavy atom. The second-order valence-corrected chi connectivity index (χ2v) is 5.75. The van der Waals surface area contributed by atoms with Crippen molar-refractivity contribution in [3.63, 3.8) is 0 Å². The summed E-state index contributed by atoms with van der Waals surface area (Å²) in [5.41, 5.74) is 0.128. The zero-order chi connectivity index (χ0) is 14.5. The molecule has 2 heterocycles. The van der Waals surface area contributed by atoms with Crippen LogP contribution in [0.15, 0.2) is 11.4 Å². The van der Waals surface area contributed by atoms with E-state index in [2.05, 4.69) is 5.32 Å². The third kappa shape index (κ3) is 3.71. The van der Waals surface area contributed by atoms with Crippen LogP contribution in [0.4, 0.5) is 9.80 Å². The number of rotatable bonds is 4. The molecule has 110 valence electrons. The fraction of sp³-hybridized carbons (Fsp3) is 0.538. The summed E-state index contributed by atoms with van der Waals surface area (Å²) in [6.45, 7) is 2.14. The maximum absolute atomic E-state index is 12.1. The van der Waals surface area contributed by atoms with Gasteiger partial charge in [0, 0.05) is 26.8 Å². The maximum atomic E-state index is 12.1. The van der Waals surface area contributed by atoms with E-state index in [-0.39, 0.29) is 11.6 Å². The molecule has 1 aromatic heterocycles. The van der Waals surface area contributed by atoms with E-state index in [4.69, 9.17) is 9.84 Å². The molecular formula is C13H18N2O4S. The Labute approximate surface area is 121 Å². The lowest BCUT2D eigenvalue weighted by molar-refractivity contribution is 0.0592. The smallest absolute Gasteiger partial charge is 0.338 e. The summed E-state index contributed by atoms with van der Waals surface area (Å²) in [5, 5.41) is 13.7. The Kier molecular flexibility index (Phi) is 4.97. The molecule has 0 aromatic carbocycles. The van der Waals surface area contributed by atoms with Gasteiger partial charge in [0.05, 0.1) is 5.56 Å². The quantitative estimate of drug-likeness (QED) is 0.894. The minimum Gasteiger partial charge on any atom is -0.478 e. The van der Waals surface area contributed by atoms with E-state index < -0.39 is 5.97 Å². The van der Waals surface area contributed by atoms with Crippen molar-refractivity contribution in [2.75, 3.05) is 32.1 Å². The van der Waals surface area contributed by atoms with Gasteiger partial charge < -0.3 is 14.7 Å². The predicted octanol–water partition coefficient (Wildman–Crippen LogP) is 2.34. The second kappa shape index (κ2) is 6.71. The van der Waals surface area contributed by atoms with E-state index in [9.17, 15) is 9.59 Å². The Morgan fingerprint density at radius 2 is 2.20 bits per heavy atom. The lowest BCUT2D eigenvalue weighted by Gasteiger charge is -2.27. The second-order valence-electron chi connectivity index (χ2n) is 4.83. The predicted molar refractivity (Wildman–Crippen MR) is 76.5 cm³/mol. The van der Waals surface area contributed by atoms with Crippen molar-refractivity contribution in [3.8, 4) is 0 Å². The fourth-order valence-electron chi connectivity index (χ4n) is 2.17. The number of ether oxygens (including phenoxy) is 1. The van der Waals surface area contributed by atoms with Gasteiger partial charge in [0.1, 0.15) is 5.00 Å². The van der Waals surface area contributed by atoms with E-state index in [1.54, 1.807) is 17.3 Å². The molecule has 1 aliphatic rings. The van der Waals surface area contributed by atoms with Gasteiger partial charge in [-0.05, 0) is 30.2 Å². The number of hydrogen-bond donors (Lipinski definition) is 2. The van der Waals surface area contributed by atoms with Crippen molar-refractivity contribution in [1.82, 2.24) is 4.90 Å². The van der Waals surface area contributed by atoms with Crippen molar-refractivity contribution in [2.45, 2.75) is 12.8 Å². The SMILES string of the molecule is CN(CC1CCOCC1)C(=O)Nc1sccc1C(=O)O. The maximum Gasteiger partial charge on any atom is 0.338 e. The van der Waals surface area contributed by atoms with Crippen molar-refractivity contribution in [3.05, 3.63) is 17.0 Å². The lowest BCUT2D eigenvalue weighted by Crippen LogP contribution is -2.37. The molecule has 0 bridgehead atoms. The summed E-state index contributed by atoms with van der Waals surface area (Å²) in [7, 11) is 1.72. The minimum absolute atomic E-state index is 0.128. The zero-order valence-electron chi connectivity index (χ0n) is 11.3. The molecule has 1 aromatic rings. The van der Waals surface area contributed by atoms with E-state index in [1.807, 2.05) is 0 Å². The van der Waals surface area contributed by atoms with Gasteiger partial charge in [-0.25, -0.2) is 9.59 Å². The van der Waals surface area contributed by atoms with Gasteiger partial charge in [0.25, 0.3) is 0 Å². The van der Waals surface area contributed by atoms with Gasteiger partial charge in [0.2, 0.25) is 0 Å². The summed E-state index contributed by atoms with van der Waals surface area (Å²) in [6.07, 6.45) is 1.91. The Bertz CT molecular complexity index is 482. The van der Waals surface area contributed by atoms with Crippen molar-refractivity contribution in [2.24, 2.45) is 5.92 Å². The topological polar surface area (TPSA) is 78.9 Å². The average molecular weight is 298 g/mol. The van der Waals surface area contributed by atoms with Crippen LogP contribution in [0.1, 0.15) is 23.2 Å². The largest absolute Gasteiger partial charge is 0.478 e. The number of carbonyl (C=O) groups is 2. The third-order valence-electron chi connectivity index (χ3n) is 3.34. The molecule has 20 heavy (non-hydrogen) atoms. The van der Waals surface area contributed by atoms with Crippen molar-refractivity contribution >= 4 is 28.3 Å². The molecule has 0 spiro atoms. The molecule has 0 radical (unpaired) electrons. The lowest BCUT2D eigenvalue weighted by atomic mass is 10.0. The highest BCUT2D eigenvalue weighted by molar-refractivity contribution is 7.14. The van der Waals surface area contributed by atoms with Crippen LogP contribution >= 0.6 is 11.3 Å². The Hall–Kier alpha value is -1.60. The molecule has 1 aliphatic heterocycles. The number of carboxylic acids is 1. The number of nitrogens with one attached hydrogen (secondary N) is 1. The molecule has 2 amide bonds. The van der Waals surface area contributed by atoms with E-state index in [0.717, 1.165) is 26.1 Å². The van der Waals surface area contributed by atoms with Gasteiger partial charge in [0.15, 0.2) is 0 Å². The number of thiophene rings is 1. The first-order chi connectivity index (χ1) is 9.58. The van der Waals surface area contributed by atoms with E-state index >= 15 is 0 Å². The van der Waals surface area contributed by atoms with Crippen LogP contribution in [-0.4, -0.2) is 48.8 Å². The molecule has 0 saturated carbocycles. The number of urea groups is 1. The molecule has 0 atom stereocenters. The average Bonchev–Trinajstić information content (AvgIpc) is 2.88. The molecule has 0 aliphatic carbocycles. The number of carbonyl (C=O) groups excluding carboxylic acids is 1. The summed E-state index contributed by atoms with van der Waals surface area (Å²) in [4.78, 5) is 24.6.